The van der Waals surface area contributed by atoms with E-state index in [0.717, 1.165) is 49.3 Å². The molecule has 0 saturated carbocycles. The van der Waals surface area contributed by atoms with Gasteiger partial charge in [0.25, 0.3) is 0 Å². The molecule has 6 heteroatoms. The SMILES string of the molecule is Cc1ccc(S(=O)(=O)N2CCCC[C@H]2c2ccc(N3CCCCCC3)nc2)cc1. The van der Waals surface area contributed by atoms with Crippen molar-refractivity contribution < 1.29 is 8.42 Å². The molecule has 5 nitrogen and oxygen atoms in total. The smallest absolute Gasteiger partial charge is 0.243 e. The van der Waals surface area contributed by atoms with E-state index in [9.17, 15) is 8.42 Å². The minimum Gasteiger partial charge on any atom is -0.357 e. The van der Waals surface area contributed by atoms with Crippen LogP contribution in [0, 0.1) is 6.92 Å². The van der Waals surface area contributed by atoms with Gasteiger partial charge in [-0.2, -0.15) is 4.31 Å². The van der Waals surface area contributed by atoms with Crippen molar-refractivity contribution in [3.05, 3.63) is 53.7 Å². The lowest BCUT2D eigenvalue weighted by Crippen LogP contribution is -2.38. The van der Waals surface area contributed by atoms with E-state index in [-0.39, 0.29) is 6.04 Å². The largest absolute Gasteiger partial charge is 0.357 e. The Morgan fingerprint density at radius 1 is 0.862 bits per heavy atom. The summed E-state index contributed by atoms with van der Waals surface area (Å²) >= 11 is 0. The molecule has 0 radical (unpaired) electrons. The van der Waals surface area contributed by atoms with Crippen LogP contribution in [0.25, 0.3) is 0 Å². The van der Waals surface area contributed by atoms with Crippen LogP contribution in [0.15, 0.2) is 47.5 Å². The van der Waals surface area contributed by atoms with Gasteiger partial charge in [-0.25, -0.2) is 13.4 Å². The zero-order chi connectivity index (χ0) is 20.3. The average molecular weight is 414 g/mol. The Hall–Kier alpha value is -1.92. The van der Waals surface area contributed by atoms with Gasteiger partial charge in [-0.3, -0.25) is 0 Å². The number of nitrogens with zero attached hydrogens (tertiary/aromatic N) is 3. The van der Waals surface area contributed by atoms with Crippen LogP contribution >= 0.6 is 0 Å². The quantitative estimate of drug-likeness (QED) is 0.730. The topological polar surface area (TPSA) is 53.5 Å². The van der Waals surface area contributed by atoms with Crippen LogP contribution < -0.4 is 4.90 Å². The summed E-state index contributed by atoms with van der Waals surface area (Å²) in [5.41, 5.74) is 2.06. The summed E-state index contributed by atoms with van der Waals surface area (Å²) in [5, 5.41) is 0. The molecule has 156 valence electrons. The lowest BCUT2D eigenvalue weighted by molar-refractivity contribution is 0.255. The molecule has 2 aliphatic heterocycles. The summed E-state index contributed by atoms with van der Waals surface area (Å²) in [5.74, 6) is 1.01. The fraction of sp³-hybridized carbons (Fsp3) is 0.522. The lowest BCUT2D eigenvalue weighted by atomic mass is 9.99. The van der Waals surface area contributed by atoms with Gasteiger partial charge < -0.3 is 4.90 Å². The Bertz CT molecular complexity index is 902. The first-order chi connectivity index (χ1) is 14.1. The number of hydrogen-bond acceptors (Lipinski definition) is 4. The van der Waals surface area contributed by atoms with Crippen molar-refractivity contribution in [1.82, 2.24) is 9.29 Å². The van der Waals surface area contributed by atoms with E-state index in [2.05, 4.69) is 17.0 Å². The van der Waals surface area contributed by atoms with Crippen molar-refractivity contribution in [3.63, 3.8) is 0 Å². The van der Waals surface area contributed by atoms with Crippen molar-refractivity contribution in [2.75, 3.05) is 24.5 Å². The highest BCUT2D eigenvalue weighted by Gasteiger charge is 2.34. The molecule has 0 amide bonds. The Labute approximate surface area is 174 Å². The maximum Gasteiger partial charge on any atom is 0.243 e. The molecule has 0 unspecified atom stereocenters. The first-order valence-electron chi connectivity index (χ1n) is 10.8. The molecule has 4 rings (SSSR count). The van der Waals surface area contributed by atoms with Crippen molar-refractivity contribution >= 4 is 15.8 Å². The summed E-state index contributed by atoms with van der Waals surface area (Å²) in [4.78, 5) is 7.46. The predicted octanol–water partition coefficient (Wildman–Crippen LogP) is 4.69. The fourth-order valence-corrected chi connectivity index (χ4v) is 6.14. The number of aromatic nitrogens is 1. The van der Waals surface area contributed by atoms with Crippen LogP contribution in [0.1, 0.15) is 62.1 Å². The third kappa shape index (κ3) is 4.48. The number of anilines is 1. The maximum absolute atomic E-state index is 13.3. The van der Waals surface area contributed by atoms with Gasteiger partial charge in [-0.05, 0) is 56.4 Å². The normalized spacial score (nSPS) is 21.7. The van der Waals surface area contributed by atoms with Crippen molar-refractivity contribution in [1.29, 1.82) is 0 Å². The molecule has 1 aromatic carbocycles. The van der Waals surface area contributed by atoms with Gasteiger partial charge in [0, 0.05) is 25.8 Å². The first kappa shape index (κ1) is 20.4. The van der Waals surface area contributed by atoms with Gasteiger partial charge in [0.05, 0.1) is 10.9 Å². The van der Waals surface area contributed by atoms with E-state index < -0.39 is 10.0 Å². The third-order valence-corrected chi connectivity index (χ3v) is 8.09. The molecule has 2 aromatic rings. The number of pyridine rings is 1. The van der Waals surface area contributed by atoms with E-state index in [4.69, 9.17) is 4.98 Å². The van der Waals surface area contributed by atoms with Crippen LogP contribution in [-0.4, -0.2) is 37.3 Å². The standard InChI is InChI=1S/C23H31N3O2S/c1-19-9-12-21(13-10-19)29(27,28)26-17-7-4-8-22(26)20-11-14-23(24-18-20)25-15-5-2-3-6-16-25/h9-14,18,22H,2-8,15-17H2,1H3/t22-/m0/s1. The van der Waals surface area contributed by atoms with Gasteiger partial charge in [-0.1, -0.05) is 43.0 Å². The predicted molar refractivity (Wildman–Crippen MR) is 117 cm³/mol. The highest BCUT2D eigenvalue weighted by Crippen LogP contribution is 2.35. The van der Waals surface area contributed by atoms with E-state index in [1.165, 1.54) is 25.7 Å². The molecule has 0 aliphatic carbocycles. The van der Waals surface area contributed by atoms with Crippen LogP contribution in [0.5, 0.6) is 0 Å². The van der Waals surface area contributed by atoms with Gasteiger partial charge in [0.15, 0.2) is 0 Å². The molecule has 1 atom stereocenters. The van der Waals surface area contributed by atoms with E-state index in [0.29, 0.717) is 11.4 Å². The molecule has 0 bridgehead atoms. The average Bonchev–Trinajstić information content (AvgIpc) is 3.04. The second-order valence-corrected chi connectivity index (χ2v) is 10.2. The summed E-state index contributed by atoms with van der Waals surface area (Å²) < 4.78 is 28.3. The van der Waals surface area contributed by atoms with Gasteiger partial charge in [0.1, 0.15) is 5.82 Å². The second-order valence-electron chi connectivity index (χ2n) is 8.29. The van der Waals surface area contributed by atoms with Crippen molar-refractivity contribution in [2.45, 2.75) is 62.8 Å². The summed E-state index contributed by atoms with van der Waals surface area (Å²) in [7, 11) is -3.52. The molecule has 0 spiro atoms. The number of benzene rings is 1. The third-order valence-electron chi connectivity index (χ3n) is 6.17. The Morgan fingerprint density at radius 3 is 2.21 bits per heavy atom. The molecule has 2 fully saturated rings. The molecule has 2 aliphatic rings. The van der Waals surface area contributed by atoms with Gasteiger partial charge >= 0.3 is 0 Å². The molecule has 0 N–H and O–H groups in total. The van der Waals surface area contributed by atoms with E-state index in [1.54, 1.807) is 16.4 Å². The Kier molecular flexibility index (Phi) is 6.20. The number of piperidine rings is 1. The highest BCUT2D eigenvalue weighted by molar-refractivity contribution is 7.89. The molecular weight excluding hydrogens is 382 g/mol. The van der Waals surface area contributed by atoms with Crippen molar-refractivity contribution in [3.8, 4) is 0 Å². The van der Waals surface area contributed by atoms with Gasteiger partial charge in [0.2, 0.25) is 10.0 Å². The zero-order valence-electron chi connectivity index (χ0n) is 17.3. The Morgan fingerprint density at radius 2 is 1.55 bits per heavy atom. The number of hydrogen-bond donors (Lipinski definition) is 0. The summed E-state index contributed by atoms with van der Waals surface area (Å²) in [6, 6.07) is 11.2. The highest BCUT2D eigenvalue weighted by atomic mass is 32.2. The summed E-state index contributed by atoms with van der Waals surface area (Å²) in [6.45, 7) is 4.65. The lowest BCUT2D eigenvalue weighted by Gasteiger charge is -2.35. The van der Waals surface area contributed by atoms with Crippen molar-refractivity contribution in [2.24, 2.45) is 0 Å². The van der Waals surface area contributed by atoms with Crippen LogP contribution in [0.2, 0.25) is 0 Å². The monoisotopic (exact) mass is 413 g/mol. The van der Waals surface area contributed by atoms with Crippen LogP contribution in [0.3, 0.4) is 0 Å². The zero-order valence-corrected chi connectivity index (χ0v) is 18.1. The minimum atomic E-state index is -3.52. The van der Waals surface area contributed by atoms with E-state index >= 15 is 0 Å². The molecule has 29 heavy (non-hydrogen) atoms. The van der Waals surface area contributed by atoms with Crippen LogP contribution in [0.4, 0.5) is 5.82 Å². The van der Waals surface area contributed by atoms with Crippen LogP contribution in [-0.2, 0) is 10.0 Å². The molecule has 1 aromatic heterocycles. The number of aryl methyl sites for hydroxylation is 1. The van der Waals surface area contributed by atoms with Gasteiger partial charge in [-0.15, -0.1) is 0 Å². The maximum atomic E-state index is 13.3. The first-order valence-corrected chi connectivity index (χ1v) is 12.3. The van der Waals surface area contributed by atoms with E-state index in [1.807, 2.05) is 25.3 Å². The number of sulfonamides is 1. The number of rotatable bonds is 4. The fourth-order valence-electron chi connectivity index (χ4n) is 4.45. The molecule has 3 heterocycles. The molecular formula is C23H31N3O2S. The summed E-state index contributed by atoms with van der Waals surface area (Å²) in [6.07, 6.45) is 9.71. The minimum absolute atomic E-state index is 0.138. The second kappa shape index (κ2) is 8.84. The molecule has 2 saturated heterocycles. The Balaban J connectivity index is 1.58.